The van der Waals surface area contributed by atoms with Crippen LogP contribution < -0.4 is 5.32 Å². The highest BCUT2D eigenvalue weighted by Gasteiger charge is 2.40. The summed E-state index contributed by atoms with van der Waals surface area (Å²) in [6.07, 6.45) is 3.00. The van der Waals surface area contributed by atoms with Crippen LogP contribution in [0.3, 0.4) is 0 Å². The van der Waals surface area contributed by atoms with Gasteiger partial charge < -0.3 is 5.32 Å². The standard InChI is InChI=1S/C14H16N2O2/c17-13-12(10-5-2-1-3-6-10)9-15-14(18)16(13)11-7-4-8-11/h1-3,5-6,11-12H,4,7-9H2,(H,15,18). The molecule has 4 nitrogen and oxygen atoms in total. The first-order chi connectivity index (χ1) is 8.77. The average Bonchev–Trinajstić information content (AvgIpc) is 2.33. The van der Waals surface area contributed by atoms with Gasteiger partial charge >= 0.3 is 6.03 Å². The largest absolute Gasteiger partial charge is 0.336 e. The van der Waals surface area contributed by atoms with Gasteiger partial charge in [0.2, 0.25) is 5.91 Å². The lowest BCUT2D eigenvalue weighted by Crippen LogP contribution is -2.59. The molecule has 1 aliphatic carbocycles. The molecular formula is C14H16N2O2. The maximum atomic E-state index is 12.4. The Morgan fingerprint density at radius 2 is 1.83 bits per heavy atom. The molecule has 1 aliphatic heterocycles. The normalized spacial score (nSPS) is 24.7. The zero-order valence-corrected chi connectivity index (χ0v) is 10.1. The molecule has 1 saturated carbocycles. The highest BCUT2D eigenvalue weighted by atomic mass is 16.2. The van der Waals surface area contributed by atoms with Crippen molar-refractivity contribution >= 4 is 11.9 Å². The number of carbonyl (C=O) groups excluding carboxylic acids is 2. The molecule has 1 unspecified atom stereocenters. The van der Waals surface area contributed by atoms with E-state index in [0.717, 1.165) is 24.8 Å². The van der Waals surface area contributed by atoms with Crippen LogP contribution in [0.4, 0.5) is 4.79 Å². The van der Waals surface area contributed by atoms with E-state index in [9.17, 15) is 9.59 Å². The molecule has 3 amide bonds. The van der Waals surface area contributed by atoms with E-state index in [0.29, 0.717) is 6.54 Å². The molecule has 94 valence electrons. The first-order valence-electron chi connectivity index (χ1n) is 6.43. The Labute approximate surface area is 106 Å². The SMILES string of the molecule is O=C1NCC(c2ccccc2)C(=O)N1C1CCC1. The summed E-state index contributed by atoms with van der Waals surface area (Å²) in [6, 6.07) is 9.55. The van der Waals surface area contributed by atoms with Crippen molar-refractivity contribution in [2.24, 2.45) is 0 Å². The Morgan fingerprint density at radius 3 is 2.44 bits per heavy atom. The third-order valence-corrected chi connectivity index (χ3v) is 3.85. The van der Waals surface area contributed by atoms with Gasteiger partial charge in [-0.1, -0.05) is 30.3 Å². The molecule has 1 saturated heterocycles. The van der Waals surface area contributed by atoms with E-state index in [2.05, 4.69) is 5.32 Å². The molecule has 1 aromatic rings. The van der Waals surface area contributed by atoms with Crippen molar-refractivity contribution < 1.29 is 9.59 Å². The molecule has 4 heteroatoms. The van der Waals surface area contributed by atoms with Crippen molar-refractivity contribution in [2.75, 3.05) is 6.54 Å². The van der Waals surface area contributed by atoms with Crippen molar-refractivity contribution in [1.29, 1.82) is 0 Å². The topological polar surface area (TPSA) is 49.4 Å². The summed E-state index contributed by atoms with van der Waals surface area (Å²) >= 11 is 0. The molecular weight excluding hydrogens is 228 g/mol. The molecule has 0 bridgehead atoms. The molecule has 1 heterocycles. The van der Waals surface area contributed by atoms with Crippen molar-refractivity contribution in [3.05, 3.63) is 35.9 Å². The van der Waals surface area contributed by atoms with Gasteiger partial charge in [-0.15, -0.1) is 0 Å². The van der Waals surface area contributed by atoms with E-state index in [4.69, 9.17) is 0 Å². The summed E-state index contributed by atoms with van der Waals surface area (Å²) in [7, 11) is 0. The van der Waals surface area contributed by atoms with E-state index < -0.39 is 0 Å². The predicted molar refractivity (Wildman–Crippen MR) is 67.1 cm³/mol. The Hall–Kier alpha value is -1.84. The second-order valence-electron chi connectivity index (χ2n) is 4.94. The number of rotatable bonds is 2. The van der Waals surface area contributed by atoms with Gasteiger partial charge in [-0.2, -0.15) is 0 Å². The van der Waals surface area contributed by atoms with Crippen molar-refractivity contribution in [3.8, 4) is 0 Å². The van der Waals surface area contributed by atoms with Crippen LogP contribution in [0.15, 0.2) is 30.3 Å². The number of hydrogen-bond acceptors (Lipinski definition) is 2. The van der Waals surface area contributed by atoms with Gasteiger partial charge in [-0.05, 0) is 24.8 Å². The minimum Gasteiger partial charge on any atom is -0.336 e. The molecule has 1 atom stereocenters. The monoisotopic (exact) mass is 244 g/mol. The fourth-order valence-electron chi connectivity index (χ4n) is 2.57. The molecule has 0 aromatic heterocycles. The highest BCUT2D eigenvalue weighted by molar-refractivity contribution is 6.00. The highest BCUT2D eigenvalue weighted by Crippen LogP contribution is 2.30. The van der Waals surface area contributed by atoms with Gasteiger partial charge in [0.05, 0.1) is 5.92 Å². The summed E-state index contributed by atoms with van der Waals surface area (Å²) < 4.78 is 0. The van der Waals surface area contributed by atoms with Crippen LogP contribution in [-0.2, 0) is 4.79 Å². The number of urea groups is 1. The lowest BCUT2D eigenvalue weighted by Gasteiger charge is -2.40. The van der Waals surface area contributed by atoms with Crippen LogP contribution in [0.25, 0.3) is 0 Å². The fraction of sp³-hybridized carbons (Fsp3) is 0.429. The minimum absolute atomic E-state index is 0.0466. The van der Waals surface area contributed by atoms with Crippen LogP contribution in [-0.4, -0.2) is 29.4 Å². The third kappa shape index (κ3) is 1.78. The maximum absolute atomic E-state index is 12.4. The van der Waals surface area contributed by atoms with Crippen molar-refractivity contribution in [1.82, 2.24) is 10.2 Å². The van der Waals surface area contributed by atoms with Crippen molar-refractivity contribution in [2.45, 2.75) is 31.2 Å². The van der Waals surface area contributed by atoms with Gasteiger partial charge in [0.25, 0.3) is 0 Å². The van der Waals surface area contributed by atoms with Crippen LogP contribution in [0, 0.1) is 0 Å². The molecule has 0 radical (unpaired) electrons. The lowest BCUT2D eigenvalue weighted by molar-refractivity contribution is -0.134. The van der Waals surface area contributed by atoms with E-state index in [1.807, 2.05) is 30.3 Å². The molecule has 18 heavy (non-hydrogen) atoms. The van der Waals surface area contributed by atoms with Crippen LogP contribution >= 0.6 is 0 Å². The number of imide groups is 1. The smallest absolute Gasteiger partial charge is 0.324 e. The Balaban J connectivity index is 1.85. The molecule has 2 aliphatic rings. The molecule has 0 spiro atoms. The predicted octanol–water partition coefficient (Wildman–Crippen LogP) is 1.87. The van der Waals surface area contributed by atoms with Crippen molar-refractivity contribution in [3.63, 3.8) is 0 Å². The van der Waals surface area contributed by atoms with Crippen LogP contribution in [0.2, 0.25) is 0 Å². The van der Waals surface area contributed by atoms with Gasteiger partial charge in [0.1, 0.15) is 0 Å². The first-order valence-corrected chi connectivity index (χ1v) is 6.43. The maximum Gasteiger partial charge on any atom is 0.324 e. The lowest BCUT2D eigenvalue weighted by atomic mass is 9.88. The Kier molecular flexibility index (Phi) is 2.78. The number of amides is 3. The molecule has 1 N–H and O–H groups in total. The Bertz CT molecular complexity index is 468. The van der Waals surface area contributed by atoms with Crippen LogP contribution in [0.1, 0.15) is 30.7 Å². The zero-order valence-electron chi connectivity index (χ0n) is 10.1. The summed E-state index contributed by atoms with van der Waals surface area (Å²) in [5.41, 5.74) is 0.979. The third-order valence-electron chi connectivity index (χ3n) is 3.85. The summed E-state index contributed by atoms with van der Waals surface area (Å²) in [4.78, 5) is 25.7. The van der Waals surface area contributed by atoms with Gasteiger partial charge in [0, 0.05) is 12.6 Å². The summed E-state index contributed by atoms with van der Waals surface area (Å²) in [5.74, 6) is -0.279. The van der Waals surface area contributed by atoms with E-state index in [-0.39, 0.29) is 23.9 Å². The van der Waals surface area contributed by atoms with E-state index >= 15 is 0 Å². The number of nitrogens with one attached hydrogen (secondary N) is 1. The quantitative estimate of drug-likeness (QED) is 0.863. The zero-order chi connectivity index (χ0) is 12.5. The number of carbonyl (C=O) groups is 2. The number of hydrogen-bond donors (Lipinski definition) is 1. The molecule has 2 fully saturated rings. The second kappa shape index (κ2) is 4.44. The van der Waals surface area contributed by atoms with Gasteiger partial charge in [-0.3, -0.25) is 9.69 Å². The second-order valence-corrected chi connectivity index (χ2v) is 4.94. The number of nitrogens with zero attached hydrogens (tertiary/aromatic N) is 1. The Morgan fingerprint density at radius 1 is 1.11 bits per heavy atom. The van der Waals surface area contributed by atoms with Gasteiger partial charge in [-0.25, -0.2) is 4.79 Å². The van der Waals surface area contributed by atoms with Gasteiger partial charge in [0.15, 0.2) is 0 Å². The number of benzene rings is 1. The molecule has 3 rings (SSSR count). The van der Waals surface area contributed by atoms with Crippen LogP contribution in [0.5, 0.6) is 0 Å². The molecule has 1 aromatic carbocycles. The average molecular weight is 244 g/mol. The summed E-state index contributed by atoms with van der Waals surface area (Å²) in [5, 5.41) is 2.83. The fourth-order valence-corrected chi connectivity index (χ4v) is 2.57. The first kappa shape index (κ1) is 11.3. The van der Waals surface area contributed by atoms with E-state index in [1.54, 1.807) is 0 Å². The summed E-state index contributed by atoms with van der Waals surface area (Å²) in [6.45, 7) is 0.408. The minimum atomic E-state index is -0.232. The van der Waals surface area contributed by atoms with E-state index in [1.165, 1.54) is 4.90 Å².